The summed E-state index contributed by atoms with van der Waals surface area (Å²) in [6, 6.07) is 0. The lowest BCUT2D eigenvalue weighted by Gasteiger charge is -2.56. The van der Waals surface area contributed by atoms with E-state index < -0.39 is 43.4 Å². The minimum atomic E-state index is -1.46. The second-order valence-electron chi connectivity index (χ2n) is 9.44. The molecule has 10 atom stereocenters. The first kappa shape index (κ1) is 22.2. The van der Waals surface area contributed by atoms with Gasteiger partial charge in [-0.3, -0.25) is 0 Å². The molecular formula is C21H36O7. The molecule has 2 aliphatic carbocycles. The number of aliphatic hydroxyl groups excluding tert-OH is 5. The van der Waals surface area contributed by atoms with Crippen molar-refractivity contribution < 1.29 is 35.0 Å². The Hall–Kier alpha value is -0.540. The summed E-state index contributed by atoms with van der Waals surface area (Å²) >= 11 is 0. The number of rotatable bonds is 4. The van der Waals surface area contributed by atoms with Crippen LogP contribution in [0.5, 0.6) is 0 Å². The van der Waals surface area contributed by atoms with Crippen LogP contribution in [0, 0.1) is 23.2 Å². The van der Waals surface area contributed by atoms with E-state index in [1.807, 2.05) is 0 Å². The lowest BCUT2D eigenvalue weighted by Crippen LogP contribution is -2.62. The topological polar surface area (TPSA) is 120 Å². The average Bonchev–Trinajstić information content (AvgIpc) is 2.63. The van der Waals surface area contributed by atoms with Crippen molar-refractivity contribution in [3.8, 4) is 0 Å². The third kappa shape index (κ3) is 3.67. The summed E-state index contributed by atoms with van der Waals surface area (Å²) < 4.78 is 11.7. The van der Waals surface area contributed by atoms with Gasteiger partial charge in [0.2, 0.25) is 0 Å². The molecule has 0 bridgehead atoms. The summed E-state index contributed by atoms with van der Waals surface area (Å²) in [7, 11) is 0. The molecule has 0 aromatic heterocycles. The first-order valence-electron chi connectivity index (χ1n) is 10.4. The fourth-order valence-electron chi connectivity index (χ4n) is 5.60. The Kier molecular flexibility index (Phi) is 6.57. The van der Waals surface area contributed by atoms with Crippen molar-refractivity contribution in [3.05, 3.63) is 12.2 Å². The van der Waals surface area contributed by atoms with E-state index in [9.17, 15) is 25.5 Å². The minimum Gasteiger partial charge on any atom is -0.394 e. The highest BCUT2D eigenvalue weighted by atomic mass is 16.7. The van der Waals surface area contributed by atoms with Gasteiger partial charge in [-0.05, 0) is 37.5 Å². The van der Waals surface area contributed by atoms with Crippen LogP contribution in [-0.2, 0) is 9.47 Å². The third-order valence-electron chi connectivity index (χ3n) is 7.41. The van der Waals surface area contributed by atoms with Gasteiger partial charge >= 0.3 is 0 Å². The predicted molar refractivity (Wildman–Crippen MR) is 102 cm³/mol. The number of hydrogen-bond donors (Lipinski definition) is 5. The summed E-state index contributed by atoms with van der Waals surface area (Å²) in [5, 5.41) is 50.9. The van der Waals surface area contributed by atoms with Crippen LogP contribution in [0.2, 0.25) is 0 Å². The van der Waals surface area contributed by atoms with E-state index in [1.165, 1.54) is 0 Å². The zero-order valence-electron chi connectivity index (χ0n) is 17.1. The van der Waals surface area contributed by atoms with Crippen molar-refractivity contribution in [2.75, 3.05) is 6.61 Å². The van der Waals surface area contributed by atoms with Crippen LogP contribution in [0.25, 0.3) is 0 Å². The van der Waals surface area contributed by atoms with Gasteiger partial charge in [-0.2, -0.15) is 0 Å². The maximum absolute atomic E-state index is 11.1. The molecule has 0 amide bonds. The lowest BCUT2D eigenvalue weighted by molar-refractivity contribution is -0.325. The Morgan fingerprint density at radius 3 is 2.39 bits per heavy atom. The van der Waals surface area contributed by atoms with E-state index in [0.29, 0.717) is 18.8 Å². The Bertz CT molecular complexity index is 565. The van der Waals surface area contributed by atoms with Crippen LogP contribution in [0.3, 0.4) is 0 Å². The molecule has 7 nitrogen and oxygen atoms in total. The van der Waals surface area contributed by atoms with E-state index in [-0.39, 0.29) is 23.4 Å². The monoisotopic (exact) mass is 400 g/mol. The SMILES string of the molecule is C=C1CCC(OC2OC(CO)C(O)C(O)C2O)C2(C)CCC(C(C)C)C(O)C12. The van der Waals surface area contributed by atoms with Crippen molar-refractivity contribution in [1.82, 2.24) is 0 Å². The molecule has 3 rings (SSSR count). The molecule has 0 radical (unpaired) electrons. The smallest absolute Gasteiger partial charge is 0.186 e. The molecule has 5 N–H and O–H groups in total. The molecule has 3 aliphatic rings. The molecule has 7 heteroatoms. The Balaban J connectivity index is 1.80. The van der Waals surface area contributed by atoms with Crippen LogP contribution >= 0.6 is 0 Å². The number of fused-ring (bicyclic) bond motifs is 1. The molecule has 0 aromatic rings. The normalized spacial score (nSPS) is 49.9. The molecule has 1 saturated heterocycles. The molecule has 0 aromatic carbocycles. The molecular weight excluding hydrogens is 364 g/mol. The van der Waals surface area contributed by atoms with Crippen LogP contribution in [-0.4, -0.2) is 75.1 Å². The lowest BCUT2D eigenvalue weighted by atomic mass is 9.53. The summed E-state index contributed by atoms with van der Waals surface area (Å²) in [6.45, 7) is 10.1. The van der Waals surface area contributed by atoms with Gasteiger partial charge in [-0.25, -0.2) is 0 Å². The standard InChI is InChI=1S/C21H36O7/c1-10(2)12-7-8-21(4)14(6-5-11(3)15(21)16(12)23)28-20-19(26)18(25)17(24)13(9-22)27-20/h10,12-20,22-26H,3,5-9H2,1-2,4H3. The first-order valence-corrected chi connectivity index (χ1v) is 10.4. The second kappa shape index (κ2) is 8.30. The van der Waals surface area contributed by atoms with Crippen molar-refractivity contribution in [1.29, 1.82) is 0 Å². The van der Waals surface area contributed by atoms with E-state index >= 15 is 0 Å². The highest BCUT2D eigenvalue weighted by Crippen LogP contribution is 2.55. The van der Waals surface area contributed by atoms with Crippen LogP contribution < -0.4 is 0 Å². The minimum absolute atomic E-state index is 0.0997. The van der Waals surface area contributed by atoms with Gasteiger partial charge in [-0.15, -0.1) is 0 Å². The van der Waals surface area contributed by atoms with E-state index in [0.717, 1.165) is 18.4 Å². The van der Waals surface area contributed by atoms with E-state index in [2.05, 4.69) is 27.4 Å². The first-order chi connectivity index (χ1) is 13.1. The van der Waals surface area contributed by atoms with Crippen molar-refractivity contribution in [2.45, 2.75) is 89.4 Å². The van der Waals surface area contributed by atoms with Crippen molar-refractivity contribution in [3.63, 3.8) is 0 Å². The molecule has 3 fully saturated rings. The largest absolute Gasteiger partial charge is 0.394 e. The predicted octanol–water partition coefficient (Wildman–Crippen LogP) is 0.571. The van der Waals surface area contributed by atoms with E-state index in [1.54, 1.807) is 0 Å². The highest BCUT2D eigenvalue weighted by molar-refractivity contribution is 5.18. The van der Waals surface area contributed by atoms with Crippen molar-refractivity contribution >= 4 is 0 Å². The summed E-state index contributed by atoms with van der Waals surface area (Å²) in [6.07, 6.45) is -4.08. The summed E-state index contributed by atoms with van der Waals surface area (Å²) in [5.74, 6) is 0.484. The van der Waals surface area contributed by atoms with Gasteiger partial charge < -0.3 is 35.0 Å². The fourth-order valence-corrected chi connectivity index (χ4v) is 5.60. The quantitative estimate of drug-likeness (QED) is 0.438. The Morgan fingerprint density at radius 1 is 1.11 bits per heavy atom. The average molecular weight is 401 g/mol. The maximum Gasteiger partial charge on any atom is 0.186 e. The number of hydrogen-bond acceptors (Lipinski definition) is 7. The second-order valence-corrected chi connectivity index (χ2v) is 9.44. The molecule has 162 valence electrons. The molecule has 10 unspecified atom stereocenters. The van der Waals surface area contributed by atoms with Crippen LogP contribution in [0.4, 0.5) is 0 Å². The molecule has 0 spiro atoms. The van der Waals surface area contributed by atoms with Gasteiger partial charge in [0.1, 0.15) is 24.4 Å². The van der Waals surface area contributed by atoms with Gasteiger partial charge in [-0.1, -0.05) is 32.9 Å². The molecule has 28 heavy (non-hydrogen) atoms. The molecule has 2 saturated carbocycles. The highest BCUT2D eigenvalue weighted by Gasteiger charge is 2.55. The molecule has 1 aliphatic heterocycles. The van der Waals surface area contributed by atoms with Gasteiger partial charge in [0.05, 0.1) is 18.8 Å². The zero-order valence-corrected chi connectivity index (χ0v) is 17.1. The van der Waals surface area contributed by atoms with Crippen LogP contribution in [0.1, 0.15) is 46.5 Å². The fraction of sp³-hybridized carbons (Fsp3) is 0.905. The van der Waals surface area contributed by atoms with E-state index in [4.69, 9.17) is 9.47 Å². The maximum atomic E-state index is 11.1. The third-order valence-corrected chi connectivity index (χ3v) is 7.41. The van der Waals surface area contributed by atoms with Crippen LogP contribution in [0.15, 0.2) is 12.2 Å². The number of ether oxygens (including phenoxy) is 2. The van der Waals surface area contributed by atoms with Gasteiger partial charge in [0.25, 0.3) is 0 Å². The van der Waals surface area contributed by atoms with Gasteiger partial charge in [0.15, 0.2) is 6.29 Å². The Morgan fingerprint density at radius 2 is 1.79 bits per heavy atom. The zero-order chi connectivity index (χ0) is 20.8. The molecule has 1 heterocycles. The summed E-state index contributed by atoms with van der Waals surface area (Å²) in [4.78, 5) is 0. The Labute approximate surface area is 167 Å². The van der Waals surface area contributed by atoms with Crippen molar-refractivity contribution in [2.24, 2.45) is 23.2 Å². The number of aliphatic hydroxyl groups is 5. The summed E-state index contributed by atoms with van der Waals surface area (Å²) in [5.41, 5.74) is 0.674. The van der Waals surface area contributed by atoms with Gasteiger partial charge in [0, 0.05) is 11.3 Å².